The molecule has 2 rings (SSSR count). The molecule has 0 unspecified atom stereocenters. The van der Waals surface area contributed by atoms with E-state index in [1.165, 1.54) is 7.11 Å². The zero-order chi connectivity index (χ0) is 10.1. The Balaban J connectivity index is 2.52. The maximum absolute atomic E-state index is 11.4. The molecule has 0 fully saturated rings. The van der Waals surface area contributed by atoms with Gasteiger partial charge in [0.25, 0.3) is 5.56 Å². The van der Waals surface area contributed by atoms with Crippen LogP contribution in [0.4, 0.5) is 0 Å². The lowest BCUT2D eigenvalue weighted by atomic mass is 10.2. The van der Waals surface area contributed by atoms with Crippen LogP contribution in [0, 0.1) is 0 Å². The van der Waals surface area contributed by atoms with Crippen molar-refractivity contribution in [3.8, 4) is 0 Å². The van der Waals surface area contributed by atoms with Gasteiger partial charge < -0.3 is 9.72 Å². The Kier molecular flexibility index (Phi) is 2.07. The van der Waals surface area contributed by atoms with Crippen LogP contribution in [0.5, 0.6) is 0 Å². The molecule has 1 aromatic rings. The van der Waals surface area contributed by atoms with Gasteiger partial charge in [0.05, 0.1) is 12.8 Å². The molecule has 0 amide bonds. The Labute approximate surface area is 80.1 Å². The van der Waals surface area contributed by atoms with Gasteiger partial charge in [-0.3, -0.25) is 4.79 Å². The van der Waals surface area contributed by atoms with E-state index >= 15 is 0 Å². The Bertz CT molecular complexity index is 436. The number of aryl methyl sites for hydroxylation is 1. The molecule has 1 aromatic heterocycles. The third-order valence-corrected chi connectivity index (χ3v) is 2.32. The first kappa shape index (κ1) is 8.93. The van der Waals surface area contributed by atoms with Gasteiger partial charge >= 0.3 is 5.97 Å². The Morgan fingerprint density at radius 2 is 2.29 bits per heavy atom. The molecule has 0 saturated heterocycles. The third-order valence-electron chi connectivity index (χ3n) is 2.32. The van der Waals surface area contributed by atoms with E-state index in [-0.39, 0.29) is 11.4 Å². The van der Waals surface area contributed by atoms with Gasteiger partial charge in [0.2, 0.25) is 5.82 Å². The molecule has 0 aliphatic heterocycles. The first-order valence-electron chi connectivity index (χ1n) is 4.42. The van der Waals surface area contributed by atoms with Gasteiger partial charge in [-0.15, -0.1) is 0 Å². The molecule has 0 atom stereocenters. The predicted octanol–water partition coefficient (Wildman–Crippen LogP) is 0.0452. The normalized spacial score (nSPS) is 13.8. The van der Waals surface area contributed by atoms with Crippen molar-refractivity contribution in [2.24, 2.45) is 0 Å². The Morgan fingerprint density at radius 1 is 1.50 bits per heavy atom. The Hall–Kier alpha value is -1.65. The summed E-state index contributed by atoms with van der Waals surface area (Å²) in [6.45, 7) is 0. The summed E-state index contributed by atoms with van der Waals surface area (Å²) in [6, 6.07) is 0. The monoisotopic (exact) mass is 194 g/mol. The van der Waals surface area contributed by atoms with Crippen LogP contribution in [0.25, 0.3) is 0 Å². The van der Waals surface area contributed by atoms with Gasteiger partial charge in [0, 0.05) is 5.56 Å². The van der Waals surface area contributed by atoms with Crippen molar-refractivity contribution in [3.63, 3.8) is 0 Å². The minimum absolute atomic E-state index is 0.00171. The third kappa shape index (κ3) is 1.30. The molecule has 0 aromatic carbocycles. The van der Waals surface area contributed by atoms with Crippen molar-refractivity contribution in [1.29, 1.82) is 0 Å². The number of rotatable bonds is 1. The first-order chi connectivity index (χ1) is 6.72. The highest BCUT2D eigenvalue weighted by Gasteiger charge is 2.19. The van der Waals surface area contributed by atoms with Gasteiger partial charge in [-0.25, -0.2) is 9.78 Å². The average molecular weight is 194 g/mol. The van der Waals surface area contributed by atoms with Crippen LogP contribution in [0.3, 0.4) is 0 Å². The van der Waals surface area contributed by atoms with Gasteiger partial charge in [-0.1, -0.05) is 0 Å². The van der Waals surface area contributed by atoms with Crippen LogP contribution < -0.4 is 5.56 Å². The van der Waals surface area contributed by atoms with Crippen LogP contribution in [0.2, 0.25) is 0 Å². The number of aromatic nitrogens is 2. The molecule has 0 spiro atoms. The highest BCUT2D eigenvalue weighted by atomic mass is 16.5. The SMILES string of the molecule is COC(=O)c1nc2c(c(=O)[nH]1)CCC2. The number of carbonyl (C=O) groups is 1. The zero-order valence-corrected chi connectivity index (χ0v) is 7.79. The molecule has 5 nitrogen and oxygen atoms in total. The minimum atomic E-state index is -0.600. The second kappa shape index (κ2) is 3.25. The Morgan fingerprint density at radius 3 is 3.00 bits per heavy atom. The zero-order valence-electron chi connectivity index (χ0n) is 7.79. The number of nitrogens with one attached hydrogen (secondary N) is 1. The lowest BCUT2D eigenvalue weighted by molar-refractivity contribution is 0.0586. The summed E-state index contributed by atoms with van der Waals surface area (Å²) in [5.41, 5.74) is 1.22. The number of hydrogen-bond acceptors (Lipinski definition) is 4. The summed E-state index contributed by atoms with van der Waals surface area (Å²) >= 11 is 0. The molecule has 0 saturated carbocycles. The van der Waals surface area contributed by atoms with Gasteiger partial charge in [0.15, 0.2) is 0 Å². The number of aromatic amines is 1. The fourth-order valence-electron chi connectivity index (χ4n) is 1.63. The quantitative estimate of drug-likeness (QED) is 0.641. The highest BCUT2D eigenvalue weighted by Crippen LogP contribution is 2.15. The minimum Gasteiger partial charge on any atom is -0.463 e. The summed E-state index contributed by atoms with van der Waals surface area (Å²) < 4.78 is 4.48. The summed E-state index contributed by atoms with van der Waals surface area (Å²) in [7, 11) is 1.26. The van der Waals surface area contributed by atoms with Crippen molar-refractivity contribution in [3.05, 3.63) is 27.4 Å². The lowest BCUT2D eigenvalue weighted by Crippen LogP contribution is -2.20. The molecule has 74 valence electrons. The fraction of sp³-hybridized carbons (Fsp3) is 0.444. The van der Waals surface area contributed by atoms with E-state index < -0.39 is 5.97 Å². The van der Waals surface area contributed by atoms with E-state index in [1.807, 2.05) is 0 Å². The molecule has 14 heavy (non-hydrogen) atoms. The smallest absolute Gasteiger partial charge is 0.374 e. The molecule has 1 aliphatic carbocycles. The second-order valence-electron chi connectivity index (χ2n) is 3.18. The van der Waals surface area contributed by atoms with Gasteiger partial charge in [-0.2, -0.15) is 0 Å². The van der Waals surface area contributed by atoms with Crippen molar-refractivity contribution >= 4 is 5.97 Å². The number of methoxy groups -OCH3 is 1. The molecule has 1 aliphatic rings. The van der Waals surface area contributed by atoms with E-state index in [0.717, 1.165) is 25.0 Å². The van der Waals surface area contributed by atoms with Crippen LogP contribution in [0.15, 0.2) is 4.79 Å². The molecule has 1 heterocycles. The number of nitrogens with zero attached hydrogens (tertiary/aromatic N) is 1. The first-order valence-corrected chi connectivity index (χ1v) is 4.42. The summed E-state index contributed by atoms with van der Waals surface area (Å²) in [4.78, 5) is 29.0. The summed E-state index contributed by atoms with van der Waals surface area (Å²) in [5.74, 6) is -0.602. The van der Waals surface area contributed by atoms with Crippen molar-refractivity contribution in [1.82, 2.24) is 9.97 Å². The maximum Gasteiger partial charge on any atom is 0.374 e. The predicted molar refractivity (Wildman–Crippen MR) is 48.2 cm³/mol. The van der Waals surface area contributed by atoms with E-state index in [9.17, 15) is 9.59 Å². The number of ether oxygens (including phenoxy) is 1. The van der Waals surface area contributed by atoms with Crippen molar-refractivity contribution < 1.29 is 9.53 Å². The van der Waals surface area contributed by atoms with E-state index in [4.69, 9.17) is 0 Å². The number of esters is 1. The largest absolute Gasteiger partial charge is 0.463 e. The molecule has 1 N–H and O–H groups in total. The molecule has 5 heteroatoms. The van der Waals surface area contributed by atoms with E-state index in [0.29, 0.717) is 5.56 Å². The van der Waals surface area contributed by atoms with Gasteiger partial charge in [0.1, 0.15) is 0 Å². The summed E-state index contributed by atoms with van der Waals surface area (Å²) in [5, 5.41) is 0. The van der Waals surface area contributed by atoms with Gasteiger partial charge in [-0.05, 0) is 19.3 Å². The molecular weight excluding hydrogens is 184 g/mol. The topological polar surface area (TPSA) is 72.0 Å². The van der Waals surface area contributed by atoms with Crippen LogP contribution in [-0.4, -0.2) is 23.0 Å². The lowest BCUT2D eigenvalue weighted by Gasteiger charge is -2.01. The molecule has 0 radical (unpaired) electrons. The number of fused-ring (bicyclic) bond motifs is 1. The standard InChI is InChI=1S/C9H10N2O3/c1-14-9(13)7-10-6-4-2-3-5(6)8(12)11-7/h2-4H2,1H3,(H,10,11,12). The van der Waals surface area contributed by atoms with E-state index in [2.05, 4.69) is 14.7 Å². The number of carbonyl (C=O) groups excluding carboxylic acids is 1. The van der Waals surface area contributed by atoms with E-state index in [1.54, 1.807) is 0 Å². The fourth-order valence-corrected chi connectivity index (χ4v) is 1.63. The van der Waals surface area contributed by atoms with Crippen LogP contribution in [0.1, 0.15) is 28.3 Å². The summed E-state index contributed by atoms with van der Waals surface area (Å²) in [6.07, 6.45) is 2.44. The maximum atomic E-state index is 11.4. The molecular formula is C9H10N2O3. The number of hydrogen-bond donors (Lipinski definition) is 1. The van der Waals surface area contributed by atoms with Crippen LogP contribution >= 0.6 is 0 Å². The number of H-pyrrole nitrogens is 1. The second-order valence-corrected chi connectivity index (χ2v) is 3.18. The van der Waals surface area contributed by atoms with Crippen LogP contribution in [-0.2, 0) is 17.6 Å². The molecule has 0 bridgehead atoms. The van der Waals surface area contributed by atoms with Crippen molar-refractivity contribution in [2.45, 2.75) is 19.3 Å². The highest BCUT2D eigenvalue weighted by molar-refractivity contribution is 5.84. The van der Waals surface area contributed by atoms with Crippen molar-refractivity contribution in [2.75, 3.05) is 7.11 Å². The average Bonchev–Trinajstić information content (AvgIpc) is 2.64.